The second kappa shape index (κ2) is 8.26. The van der Waals surface area contributed by atoms with Crippen LogP contribution in [0.2, 0.25) is 0 Å². The molecule has 6 heteroatoms. The summed E-state index contributed by atoms with van der Waals surface area (Å²) < 4.78 is 7.17. The van der Waals surface area contributed by atoms with Crippen LogP contribution in [0.3, 0.4) is 0 Å². The quantitative estimate of drug-likeness (QED) is 0.517. The molecule has 0 saturated carbocycles. The van der Waals surface area contributed by atoms with Crippen LogP contribution in [0.5, 0.6) is 0 Å². The molecule has 0 bridgehead atoms. The zero-order chi connectivity index (χ0) is 13.5. The van der Waals surface area contributed by atoms with Crippen molar-refractivity contribution in [1.29, 1.82) is 0 Å². The third kappa shape index (κ3) is 5.79. The van der Waals surface area contributed by atoms with Gasteiger partial charge in [-0.25, -0.2) is 0 Å². The molecule has 102 valence electrons. The van der Waals surface area contributed by atoms with Crippen molar-refractivity contribution in [3.8, 4) is 0 Å². The van der Waals surface area contributed by atoms with Gasteiger partial charge in [0.15, 0.2) is 0 Å². The number of halogens is 2. The average molecular weight is 556 g/mol. The van der Waals surface area contributed by atoms with E-state index in [-0.39, 0.29) is 0 Å². The van der Waals surface area contributed by atoms with Crippen LogP contribution in [0.25, 0.3) is 0 Å². The summed E-state index contributed by atoms with van der Waals surface area (Å²) in [5.41, 5.74) is 1.27. The number of hydrogen-bond acceptors (Lipinski definition) is 1. The van der Waals surface area contributed by atoms with Crippen LogP contribution < -0.4 is 0 Å². The standard InChI is InChI=1S/C7H7Br2N.C5H8N2.Pt/c8-10(9)6-7-4-2-1-3-5-7;1-6-3-4-7(2)5-6;/h1-5H,6H2;3-4H,1-2H3;. The number of aryl methyl sites for hydroxylation is 2. The van der Waals surface area contributed by atoms with Crippen LogP contribution in [0, 0.1) is 3.80 Å². The molecule has 0 amide bonds. The van der Waals surface area contributed by atoms with Gasteiger partial charge in [0.1, 0.15) is 0 Å². The molecule has 0 atom stereocenters. The average Bonchev–Trinajstić information content (AvgIpc) is 2.62. The third-order valence-electron chi connectivity index (χ3n) is 2.20. The van der Waals surface area contributed by atoms with E-state index in [1.807, 2.05) is 44.7 Å². The summed E-state index contributed by atoms with van der Waals surface area (Å²) in [6, 6.07) is 10.2. The molecule has 0 unspecified atom stereocenters. The van der Waals surface area contributed by atoms with Crippen molar-refractivity contribution in [2.24, 2.45) is 14.1 Å². The van der Waals surface area contributed by atoms with Gasteiger partial charge in [0.2, 0.25) is 0 Å². The summed E-state index contributed by atoms with van der Waals surface area (Å²) >= 11 is 8.80. The fourth-order valence-electron chi connectivity index (χ4n) is 1.28. The SMILES string of the molecule is BrN(Br)Cc1ccccc1.Cn1ccn(C)[c]1=[Pt]. The molecule has 0 aliphatic heterocycles. The van der Waals surface area contributed by atoms with Crippen molar-refractivity contribution in [1.82, 2.24) is 12.1 Å². The summed E-state index contributed by atoms with van der Waals surface area (Å²) in [6.07, 6.45) is 4.06. The Morgan fingerprint density at radius 3 is 1.89 bits per heavy atom. The van der Waals surface area contributed by atoms with Gasteiger partial charge >= 0.3 is 58.8 Å². The molecule has 18 heavy (non-hydrogen) atoms. The van der Waals surface area contributed by atoms with Crippen LogP contribution in [-0.4, -0.2) is 12.1 Å². The summed E-state index contributed by atoms with van der Waals surface area (Å²) in [5.74, 6) is 0. The van der Waals surface area contributed by atoms with E-state index < -0.39 is 0 Å². The molecule has 2 aromatic rings. The number of aromatic nitrogens is 2. The molecule has 1 heterocycles. The molecule has 2 rings (SSSR count). The first-order chi connectivity index (χ1) is 8.50. The number of imidazole rings is 1. The molecule has 0 aliphatic rings. The summed E-state index contributed by atoms with van der Waals surface area (Å²) in [4.78, 5) is 0. The number of benzene rings is 1. The Hall–Kier alpha value is 0.0383. The molecule has 1 aromatic heterocycles. The van der Waals surface area contributed by atoms with E-state index in [4.69, 9.17) is 0 Å². The first-order valence-corrected chi connectivity index (χ1v) is 7.82. The molecule has 0 N–H and O–H groups in total. The van der Waals surface area contributed by atoms with Gasteiger partial charge in [0.05, 0.1) is 0 Å². The first-order valence-electron chi connectivity index (χ1n) is 5.27. The summed E-state index contributed by atoms with van der Waals surface area (Å²) in [5, 5.41) is 0. The molecule has 0 fully saturated rings. The molecule has 3 nitrogen and oxygen atoms in total. The van der Waals surface area contributed by atoms with Crippen molar-refractivity contribution >= 4 is 32.3 Å². The van der Waals surface area contributed by atoms with Gasteiger partial charge in [-0.1, -0.05) is 30.3 Å². The molecular formula is C12H15Br2N3Pt. The van der Waals surface area contributed by atoms with Crippen LogP contribution >= 0.6 is 32.3 Å². The van der Waals surface area contributed by atoms with E-state index in [0.717, 1.165) is 6.54 Å². The second-order valence-electron chi connectivity index (χ2n) is 3.71. The minimum absolute atomic E-state index is 0.862. The van der Waals surface area contributed by atoms with Crippen molar-refractivity contribution in [3.05, 3.63) is 52.1 Å². The van der Waals surface area contributed by atoms with E-state index in [1.54, 1.807) is 2.95 Å². The van der Waals surface area contributed by atoms with Crippen molar-refractivity contribution in [2.75, 3.05) is 0 Å². The van der Waals surface area contributed by atoms with Gasteiger partial charge in [-0.05, 0) is 5.56 Å². The summed E-state index contributed by atoms with van der Waals surface area (Å²) in [6.45, 7) is 0.862. The van der Waals surface area contributed by atoms with Crippen molar-refractivity contribution in [2.45, 2.75) is 6.54 Å². The maximum atomic E-state index is 3.26. The zero-order valence-electron chi connectivity index (χ0n) is 10.2. The van der Waals surface area contributed by atoms with Crippen LogP contribution in [0.4, 0.5) is 0 Å². The van der Waals surface area contributed by atoms with Crippen LogP contribution in [-0.2, 0) is 40.0 Å². The molecule has 0 radical (unpaired) electrons. The monoisotopic (exact) mass is 554 g/mol. The normalized spacial score (nSPS) is 10.2. The number of rotatable bonds is 2. The molecule has 1 aromatic carbocycles. The van der Waals surface area contributed by atoms with Gasteiger partial charge in [0, 0.05) is 38.8 Å². The van der Waals surface area contributed by atoms with Crippen molar-refractivity contribution < 1.29 is 19.4 Å². The number of nitrogens with zero attached hydrogens (tertiary/aromatic N) is 3. The van der Waals surface area contributed by atoms with Crippen molar-refractivity contribution in [3.63, 3.8) is 0 Å². The van der Waals surface area contributed by atoms with Gasteiger partial charge in [-0.15, -0.1) is 0 Å². The second-order valence-corrected chi connectivity index (χ2v) is 7.39. The molecule has 0 spiro atoms. The number of hydrogen-bond donors (Lipinski definition) is 0. The fourth-order valence-corrected chi connectivity index (χ4v) is 2.20. The van der Waals surface area contributed by atoms with E-state index in [1.165, 1.54) is 9.37 Å². The Balaban J connectivity index is 0.000000184. The fraction of sp³-hybridized carbons (Fsp3) is 0.250. The molecular weight excluding hydrogens is 541 g/mol. The Labute approximate surface area is 136 Å². The molecule has 0 aliphatic carbocycles. The first kappa shape index (κ1) is 16.1. The maximum absolute atomic E-state index is 3.26. The van der Waals surface area contributed by atoms with Gasteiger partial charge < -0.3 is 0 Å². The predicted molar refractivity (Wildman–Crippen MR) is 77.5 cm³/mol. The van der Waals surface area contributed by atoms with Crippen LogP contribution in [0.1, 0.15) is 5.56 Å². The third-order valence-corrected chi connectivity index (χ3v) is 4.30. The van der Waals surface area contributed by atoms with Gasteiger partial charge in [0.25, 0.3) is 0 Å². The van der Waals surface area contributed by atoms with Gasteiger partial charge in [-0.2, -0.15) is 2.95 Å². The predicted octanol–water partition coefficient (Wildman–Crippen LogP) is 3.55. The van der Waals surface area contributed by atoms with Crippen LogP contribution in [0.15, 0.2) is 42.7 Å². The van der Waals surface area contributed by atoms with E-state index in [9.17, 15) is 0 Å². The summed E-state index contributed by atoms with van der Waals surface area (Å²) in [7, 11) is 4.06. The molecule has 0 saturated heterocycles. The van der Waals surface area contributed by atoms with Gasteiger partial charge in [-0.3, -0.25) is 0 Å². The Morgan fingerprint density at radius 2 is 1.56 bits per heavy atom. The Bertz CT molecular complexity index is 497. The van der Waals surface area contributed by atoms with E-state index >= 15 is 0 Å². The minimum atomic E-state index is 0.862. The Morgan fingerprint density at radius 1 is 1.06 bits per heavy atom. The topological polar surface area (TPSA) is 13.1 Å². The Kier molecular flexibility index (Phi) is 7.38. The zero-order valence-corrected chi connectivity index (χ0v) is 15.6. The van der Waals surface area contributed by atoms with E-state index in [0.29, 0.717) is 0 Å². The van der Waals surface area contributed by atoms with E-state index in [2.05, 4.69) is 72.9 Å².